The van der Waals surface area contributed by atoms with E-state index >= 15 is 0 Å². The van der Waals surface area contributed by atoms with Gasteiger partial charge in [-0.2, -0.15) is 0 Å². The van der Waals surface area contributed by atoms with E-state index in [0.29, 0.717) is 16.6 Å². The van der Waals surface area contributed by atoms with Crippen LogP contribution < -0.4 is 0 Å². The van der Waals surface area contributed by atoms with Gasteiger partial charge in [0, 0.05) is 0 Å². The summed E-state index contributed by atoms with van der Waals surface area (Å²) < 4.78 is 19.0. The van der Waals surface area contributed by atoms with Crippen molar-refractivity contribution in [2.75, 3.05) is 0 Å². The molecule has 106 valence electrons. The molecule has 0 radical (unpaired) electrons. The number of esters is 1. The molecule has 2 nitrogen and oxygen atoms in total. The first kappa shape index (κ1) is 15.7. The van der Waals surface area contributed by atoms with Gasteiger partial charge in [-0.05, 0) is 6.04 Å². The minimum Gasteiger partial charge on any atom is -0.459 e. The number of alkyl halides is 1. The number of ether oxygens (including phenoxy) is 1. The first-order chi connectivity index (χ1) is 8.21. The molecule has 0 saturated carbocycles. The fraction of sp³-hybridized carbons (Fsp3) is 0.929. The largest absolute Gasteiger partial charge is 0.459 e. The van der Waals surface area contributed by atoms with Crippen LogP contribution in [0.25, 0.3) is 0 Å². The maximum atomic E-state index is 13.8. The van der Waals surface area contributed by atoms with Gasteiger partial charge in [0.25, 0.3) is 0 Å². The SMILES string of the molecule is CC(C)[Si](C[C@@H]1OC(=O)C[C@H]1F)(C(C)C)C(C)C. The van der Waals surface area contributed by atoms with Crippen LogP contribution in [0.4, 0.5) is 4.39 Å². The van der Waals surface area contributed by atoms with E-state index in [1.54, 1.807) is 0 Å². The summed E-state index contributed by atoms with van der Waals surface area (Å²) in [4.78, 5) is 11.2. The highest BCUT2D eigenvalue weighted by molar-refractivity contribution is 6.83. The zero-order valence-electron chi connectivity index (χ0n) is 12.5. The van der Waals surface area contributed by atoms with E-state index in [4.69, 9.17) is 4.74 Å². The Balaban J connectivity index is 2.95. The Hall–Kier alpha value is -0.383. The highest BCUT2D eigenvalue weighted by Crippen LogP contribution is 2.46. The molecule has 18 heavy (non-hydrogen) atoms. The smallest absolute Gasteiger partial charge is 0.309 e. The Bertz CT molecular complexity index is 280. The van der Waals surface area contributed by atoms with Crippen LogP contribution in [0, 0.1) is 0 Å². The number of carbonyl (C=O) groups excluding carboxylic acids is 1. The summed E-state index contributed by atoms with van der Waals surface area (Å²) in [5, 5.41) is 0. The summed E-state index contributed by atoms with van der Waals surface area (Å²) in [5.41, 5.74) is 1.72. The molecule has 0 aromatic heterocycles. The van der Waals surface area contributed by atoms with Crippen molar-refractivity contribution in [1.29, 1.82) is 0 Å². The summed E-state index contributed by atoms with van der Waals surface area (Å²) in [6.07, 6.45) is -1.64. The molecule has 0 spiro atoms. The van der Waals surface area contributed by atoms with Crippen molar-refractivity contribution in [3.63, 3.8) is 0 Å². The van der Waals surface area contributed by atoms with Crippen LogP contribution in [0.1, 0.15) is 48.0 Å². The molecule has 4 heteroatoms. The van der Waals surface area contributed by atoms with E-state index in [9.17, 15) is 9.18 Å². The van der Waals surface area contributed by atoms with Gasteiger partial charge in [0.2, 0.25) is 0 Å². The molecule has 2 atom stereocenters. The minimum atomic E-state index is -1.68. The van der Waals surface area contributed by atoms with Crippen molar-refractivity contribution in [3.8, 4) is 0 Å². The normalized spacial score (nSPS) is 25.3. The average molecular weight is 274 g/mol. The highest BCUT2D eigenvalue weighted by Gasteiger charge is 2.48. The Morgan fingerprint density at radius 1 is 1.17 bits per heavy atom. The maximum absolute atomic E-state index is 13.8. The molecule has 1 aliphatic heterocycles. The van der Waals surface area contributed by atoms with Crippen molar-refractivity contribution >= 4 is 14.0 Å². The van der Waals surface area contributed by atoms with Crippen molar-refractivity contribution in [1.82, 2.24) is 0 Å². The molecule has 1 fully saturated rings. The number of hydrogen-bond donors (Lipinski definition) is 0. The predicted octanol–water partition coefficient (Wildman–Crippen LogP) is 4.32. The van der Waals surface area contributed by atoms with Crippen molar-refractivity contribution in [2.24, 2.45) is 0 Å². The molecular formula is C14H27FO2Si. The molecule has 1 saturated heterocycles. The lowest BCUT2D eigenvalue weighted by Crippen LogP contribution is -2.48. The summed E-state index contributed by atoms with van der Waals surface area (Å²) in [5.74, 6) is -0.369. The highest BCUT2D eigenvalue weighted by atomic mass is 28.3. The Morgan fingerprint density at radius 2 is 1.61 bits per heavy atom. The molecule has 0 amide bonds. The van der Waals surface area contributed by atoms with Gasteiger partial charge in [0.15, 0.2) is 0 Å². The zero-order valence-corrected chi connectivity index (χ0v) is 13.5. The van der Waals surface area contributed by atoms with Gasteiger partial charge in [0.1, 0.15) is 12.3 Å². The van der Waals surface area contributed by atoms with E-state index in [-0.39, 0.29) is 12.4 Å². The molecule has 0 aliphatic carbocycles. The first-order valence-corrected chi connectivity index (χ1v) is 9.49. The van der Waals surface area contributed by atoms with Crippen molar-refractivity contribution in [2.45, 2.75) is 82.9 Å². The number of cyclic esters (lactones) is 1. The number of rotatable bonds is 5. The molecule has 0 bridgehead atoms. The van der Waals surface area contributed by atoms with Crippen LogP contribution in [0.5, 0.6) is 0 Å². The van der Waals surface area contributed by atoms with Gasteiger partial charge < -0.3 is 4.74 Å². The quantitative estimate of drug-likeness (QED) is 0.551. The Kier molecular flexibility index (Phi) is 4.98. The molecular weight excluding hydrogens is 247 g/mol. The molecule has 0 unspecified atom stereocenters. The summed E-state index contributed by atoms with van der Waals surface area (Å²) in [6, 6.07) is 0.771. The van der Waals surface area contributed by atoms with Gasteiger partial charge in [-0.25, -0.2) is 4.39 Å². The average Bonchev–Trinajstić information content (AvgIpc) is 2.51. The van der Waals surface area contributed by atoms with Gasteiger partial charge >= 0.3 is 5.97 Å². The van der Waals surface area contributed by atoms with E-state index in [1.807, 2.05) is 0 Å². The number of carbonyl (C=O) groups is 1. The lowest BCUT2D eigenvalue weighted by Gasteiger charge is -2.44. The van der Waals surface area contributed by atoms with Crippen molar-refractivity contribution < 1.29 is 13.9 Å². The molecule has 1 rings (SSSR count). The summed E-state index contributed by atoms with van der Waals surface area (Å²) in [7, 11) is -1.68. The second kappa shape index (κ2) is 5.72. The standard InChI is InChI=1S/C14H27FO2Si/c1-9(2)18(10(3)4,11(5)6)8-13-12(15)7-14(16)17-13/h9-13H,7-8H2,1-6H3/t12-,13+/m1/s1. The number of halogens is 1. The molecule has 0 aromatic carbocycles. The van der Waals surface area contributed by atoms with Gasteiger partial charge in [-0.15, -0.1) is 0 Å². The third-order valence-electron chi connectivity index (χ3n) is 4.83. The second-order valence-corrected chi connectivity index (χ2v) is 12.6. The van der Waals surface area contributed by atoms with Crippen LogP contribution in [-0.2, 0) is 9.53 Å². The topological polar surface area (TPSA) is 26.3 Å². The molecule has 1 heterocycles. The predicted molar refractivity (Wildman–Crippen MR) is 75.2 cm³/mol. The summed E-state index contributed by atoms with van der Waals surface area (Å²) in [6.45, 7) is 13.5. The minimum absolute atomic E-state index is 0.0522. The molecule has 1 aliphatic rings. The monoisotopic (exact) mass is 274 g/mol. The van der Waals surface area contributed by atoms with Crippen molar-refractivity contribution in [3.05, 3.63) is 0 Å². The van der Waals surface area contributed by atoms with Gasteiger partial charge in [-0.3, -0.25) is 4.79 Å². The summed E-state index contributed by atoms with van der Waals surface area (Å²) >= 11 is 0. The third kappa shape index (κ3) is 2.78. The second-order valence-electron chi connectivity index (χ2n) is 6.53. The maximum Gasteiger partial charge on any atom is 0.309 e. The Labute approximate surface area is 111 Å². The Morgan fingerprint density at radius 3 is 1.89 bits per heavy atom. The van der Waals surface area contributed by atoms with E-state index in [2.05, 4.69) is 41.5 Å². The van der Waals surface area contributed by atoms with Gasteiger partial charge in [0.05, 0.1) is 14.5 Å². The number of hydrogen-bond acceptors (Lipinski definition) is 2. The van der Waals surface area contributed by atoms with Crippen LogP contribution >= 0.6 is 0 Å². The third-order valence-corrected chi connectivity index (χ3v) is 12.4. The van der Waals surface area contributed by atoms with E-state index in [1.165, 1.54) is 0 Å². The lowest BCUT2D eigenvalue weighted by molar-refractivity contribution is -0.141. The van der Waals surface area contributed by atoms with E-state index < -0.39 is 20.3 Å². The molecule has 0 N–H and O–H groups in total. The first-order valence-electron chi connectivity index (χ1n) is 7.05. The van der Waals surface area contributed by atoms with E-state index in [0.717, 1.165) is 6.04 Å². The fourth-order valence-corrected chi connectivity index (χ4v) is 10.3. The van der Waals surface area contributed by atoms with Gasteiger partial charge in [-0.1, -0.05) is 58.2 Å². The van der Waals surface area contributed by atoms with Crippen LogP contribution in [-0.4, -0.2) is 26.3 Å². The molecule has 0 aromatic rings. The zero-order chi connectivity index (χ0) is 14.1. The lowest BCUT2D eigenvalue weighted by atomic mass is 10.2. The van der Waals surface area contributed by atoms with Crippen LogP contribution in [0.3, 0.4) is 0 Å². The van der Waals surface area contributed by atoms with Crippen LogP contribution in [0.2, 0.25) is 22.7 Å². The van der Waals surface area contributed by atoms with Crippen LogP contribution in [0.15, 0.2) is 0 Å². The fourth-order valence-electron chi connectivity index (χ4n) is 3.81.